The summed E-state index contributed by atoms with van der Waals surface area (Å²) in [5, 5.41) is 2.64. The lowest BCUT2D eigenvalue weighted by Gasteiger charge is -2.35. The van der Waals surface area contributed by atoms with E-state index in [9.17, 15) is 4.79 Å². The van der Waals surface area contributed by atoms with Gasteiger partial charge in [-0.05, 0) is 38.0 Å². The lowest BCUT2D eigenvalue weighted by atomic mass is 9.99. The van der Waals surface area contributed by atoms with Crippen LogP contribution in [-0.2, 0) is 0 Å². The van der Waals surface area contributed by atoms with E-state index in [0.29, 0.717) is 25.5 Å². The number of carbonyl (C=O) groups is 1. The number of amides is 1. The number of carbonyl (C=O) groups excluding carboxylic acids is 1. The number of ether oxygens (including phenoxy) is 2. The molecule has 2 N–H and O–H groups in total. The summed E-state index contributed by atoms with van der Waals surface area (Å²) in [6, 6.07) is 6.09. The van der Waals surface area contributed by atoms with Gasteiger partial charge in [-0.25, -0.2) is 4.98 Å². The second-order valence-electron chi connectivity index (χ2n) is 6.53. The maximum Gasteiger partial charge on any atom is 0.273 e. The third-order valence-corrected chi connectivity index (χ3v) is 5.58. The number of nitrogens with two attached hydrogens (primary N) is 1. The number of nitrogens with zero attached hydrogens (tertiary/aromatic N) is 2. The van der Waals surface area contributed by atoms with Crippen LogP contribution in [0.15, 0.2) is 23.6 Å². The van der Waals surface area contributed by atoms with Gasteiger partial charge in [-0.1, -0.05) is 0 Å². The van der Waals surface area contributed by atoms with Gasteiger partial charge in [0.2, 0.25) is 0 Å². The van der Waals surface area contributed by atoms with Gasteiger partial charge in [0, 0.05) is 29.6 Å². The Morgan fingerprint density at radius 2 is 2.12 bits per heavy atom. The zero-order chi connectivity index (χ0) is 17.4. The van der Waals surface area contributed by atoms with Gasteiger partial charge in [0.1, 0.15) is 23.9 Å². The van der Waals surface area contributed by atoms with Gasteiger partial charge in [-0.3, -0.25) is 4.79 Å². The van der Waals surface area contributed by atoms with E-state index in [1.807, 2.05) is 35.4 Å². The highest BCUT2D eigenvalue weighted by Gasteiger charge is 2.29. The largest absolute Gasteiger partial charge is 0.486 e. The Balaban J connectivity index is 1.55. The summed E-state index contributed by atoms with van der Waals surface area (Å²) in [7, 11) is 0. The summed E-state index contributed by atoms with van der Waals surface area (Å²) in [5.74, 6) is 1.46. The maximum atomic E-state index is 12.8. The molecule has 3 heterocycles. The minimum atomic E-state index is -0.0144. The monoisotopic (exact) mass is 359 g/mol. The van der Waals surface area contributed by atoms with Crippen molar-refractivity contribution in [3.63, 3.8) is 0 Å². The summed E-state index contributed by atoms with van der Waals surface area (Å²) in [5.41, 5.74) is 7.42. The van der Waals surface area contributed by atoms with Gasteiger partial charge in [-0.15, -0.1) is 11.3 Å². The molecular formula is C18H21N3O3S. The zero-order valence-electron chi connectivity index (χ0n) is 14.1. The molecule has 1 saturated heterocycles. The predicted molar refractivity (Wildman–Crippen MR) is 96.2 cm³/mol. The molecule has 0 unspecified atom stereocenters. The van der Waals surface area contributed by atoms with Crippen LogP contribution in [0.2, 0.25) is 0 Å². The molecular weight excluding hydrogens is 338 g/mol. The topological polar surface area (TPSA) is 77.7 Å². The third-order valence-electron chi connectivity index (χ3n) is 4.69. The van der Waals surface area contributed by atoms with E-state index in [1.54, 1.807) is 0 Å². The number of hydrogen-bond acceptors (Lipinski definition) is 6. The molecule has 0 aliphatic carbocycles. The second kappa shape index (κ2) is 6.65. The van der Waals surface area contributed by atoms with Crippen LogP contribution < -0.4 is 15.2 Å². The van der Waals surface area contributed by atoms with Crippen molar-refractivity contribution in [1.29, 1.82) is 0 Å². The standard InChI is InChI=1S/C18H21N3O3S/c1-11-8-13(19)4-5-21(11)18(22)14-10-25-17(20-14)12-2-3-15-16(9-12)24-7-6-23-15/h2-3,9-11,13H,4-8,19H2,1H3/t11-,13+/m0/s1. The van der Waals surface area contributed by atoms with Crippen molar-refractivity contribution < 1.29 is 14.3 Å². The van der Waals surface area contributed by atoms with Crippen LogP contribution in [0.25, 0.3) is 10.6 Å². The first-order valence-electron chi connectivity index (χ1n) is 8.54. The van der Waals surface area contributed by atoms with Crippen molar-refractivity contribution >= 4 is 17.2 Å². The van der Waals surface area contributed by atoms with Gasteiger partial charge < -0.3 is 20.1 Å². The summed E-state index contributed by atoms with van der Waals surface area (Å²) < 4.78 is 11.2. The number of benzene rings is 1. The Bertz CT molecular complexity index is 792. The normalized spacial score (nSPS) is 22.7. The highest BCUT2D eigenvalue weighted by molar-refractivity contribution is 7.13. The number of likely N-dealkylation sites (tertiary alicyclic amines) is 1. The number of thiazole rings is 1. The molecule has 25 heavy (non-hydrogen) atoms. The van der Waals surface area contributed by atoms with Gasteiger partial charge in [0.05, 0.1) is 0 Å². The van der Waals surface area contributed by atoms with E-state index < -0.39 is 0 Å². The van der Waals surface area contributed by atoms with Gasteiger partial charge in [0.15, 0.2) is 11.5 Å². The number of piperidine rings is 1. The molecule has 2 aliphatic heterocycles. The number of fused-ring (bicyclic) bond motifs is 1. The first-order chi connectivity index (χ1) is 12.1. The highest BCUT2D eigenvalue weighted by Crippen LogP contribution is 2.35. The average Bonchev–Trinajstić information content (AvgIpc) is 3.11. The molecule has 1 fully saturated rings. The Labute approximate surface area is 150 Å². The molecule has 0 radical (unpaired) electrons. The first kappa shape index (κ1) is 16.4. The fraction of sp³-hybridized carbons (Fsp3) is 0.444. The van der Waals surface area contributed by atoms with E-state index in [2.05, 4.69) is 4.98 Å². The van der Waals surface area contributed by atoms with Crippen molar-refractivity contribution in [2.24, 2.45) is 5.73 Å². The molecule has 0 saturated carbocycles. The van der Waals surface area contributed by atoms with Crippen LogP contribution in [0.1, 0.15) is 30.3 Å². The van der Waals surface area contributed by atoms with E-state index in [0.717, 1.165) is 34.9 Å². The fourth-order valence-corrected chi connectivity index (χ4v) is 4.13. The van der Waals surface area contributed by atoms with Gasteiger partial charge in [0.25, 0.3) is 5.91 Å². The average molecular weight is 359 g/mol. The van der Waals surface area contributed by atoms with Crippen LogP contribution >= 0.6 is 11.3 Å². The van der Waals surface area contributed by atoms with E-state index >= 15 is 0 Å². The Hall–Kier alpha value is -2.12. The van der Waals surface area contributed by atoms with Crippen molar-refractivity contribution in [1.82, 2.24) is 9.88 Å². The van der Waals surface area contributed by atoms with E-state index in [1.165, 1.54) is 11.3 Å². The smallest absolute Gasteiger partial charge is 0.273 e. The van der Waals surface area contributed by atoms with E-state index in [4.69, 9.17) is 15.2 Å². The Morgan fingerprint density at radius 3 is 2.92 bits per heavy atom. The lowest BCUT2D eigenvalue weighted by Crippen LogP contribution is -2.48. The van der Waals surface area contributed by atoms with Crippen molar-refractivity contribution in [3.05, 3.63) is 29.3 Å². The van der Waals surface area contributed by atoms with Crippen molar-refractivity contribution in [2.75, 3.05) is 19.8 Å². The molecule has 132 valence electrons. The molecule has 0 spiro atoms. The SMILES string of the molecule is C[C@H]1C[C@H](N)CCN1C(=O)c1csc(-c2ccc3c(c2)OCCO3)n1. The summed E-state index contributed by atoms with van der Waals surface area (Å²) in [6.07, 6.45) is 1.68. The van der Waals surface area contributed by atoms with Crippen molar-refractivity contribution in [3.8, 4) is 22.1 Å². The van der Waals surface area contributed by atoms with Gasteiger partial charge in [-0.2, -0.15) is 0 Å². The van der Waals surface area contributed by atoms with E-state index in [-0.39, 0.29) is 18.0 Å². The molecule has 6 nitrogen and oxygen atoms in total. The number of hydrogen-bond donors (Lipinski definition) is 1. The van der Waals surface area contributed by atoms with Crippen molar-refractivity contribution in [2.45, 2.75) is 31.8 Å². The molecule has 4 rings (SSSR count). The maximum absolute atomic E-state index is 12.8. The lowest BCUT2D eigenvalue weighted by molar-refractivity contribution is 0.0614. The summed E-state index contributed by atoms with van der Waals surface area (Å²) in [6.45, 7) is 3.86. The fourth-order valence-electron chi connectivity index (χ4n) is 3.34. The van der Waals surface area contributed by atoms with Crippen LogP contribution in [0.3, 0.4) is 0 Å². The molecule has 0 bridgehead atoms. The number of aromatic nitrogens is 1. The summed E-state index contributed by atoms with van der Waals surface area (Å²) in [4.78, 5) is 19.2. The molecule has 2 atom stereocenters. The van der Waals surface area contributed by atoms with Gasteiger partial charge >= 0.3 is 0 Å². The quantitative estimate of drug-likeness (QED) is 0.891. The molecule has 7 heteroatoms. The van der Waals surface area contributed by atoms with Crippen LogP contribution in [0.5, 0.6) is 11.5 Å². The zero-order valence-corrected chi connectivity index (χ0v) is 14.9. The Kier molecular flexibility index (Phi) is 4.35. The molecule has 2 aromatic rings. The third kappa shape index (κ3) is 3.21. The highest BCUT2D eigenvalue weighted by atomic mass is 32.1. The molecule has 1 aromatic carbocycles. The summed E-state index contributed by atoms with van der Waals surface area (Å²) >= 11 is 1.47. The minimum absolute atomic E-state index is 0.0144. The van der Waals surface area contributed by atoms with Crippen LogP contribution in [-0.4, -0.2) is 47.6 Å². The van der Waals surface area contributed by atoms with Crippen LogP contribution in [0.4, 0.5) is 0 Å². The molecule has 2 aliphatic rings. The Morgan fingerprint density at radius 1 is 1.32 bits per heavy atom. The van der Waals surface area contributed by atoms with Crippen LogP contribution in [0, 0.1) is 0 Å². The second-order valence-corrected chi connectivity index (χ2v) is 7.39. The first-order valence-corrected chi connectivity index (χ1v) is 9.42. The minimum Gasteiger partial charge on any atom is -0.486 e. The number of rotatable bonds is 2. The molecule has 1 aromatic heterocycles. The predicted octanol–water partition coefficient (Wildman–Crippen LogP) is 2.53. The molecule has 1 amide bonds.